The number of carbonyl (C=O) groups is 2. The molecule has 0 fully saturated rings. The molecule has 1 amide bonds. The zero-order valence-electron chi connectivity index (χ0n) is 9.78. The summed E-state index contributed by atoms with van der Waals surface area (Å²) >= 11 is 0. The summed E-state index contributed by atoms with van der Waals surface area (Å²) < 4.78 is 31.6. The van der Waals surface area contributed by atoms with Gasteiger partial charge >= 0.3 is 5.97 Å². The Balaban J connectivity index is 2.58. The first-order chi connectivity index (χ1) is 8.93. The van der Waals surface area contributed by atoms with Crippen molar-refractivity contribution in [2.45, 2.75) is 0 Å². The van der Waals surface area contributed by atoms with Crippen molar-refractivity contribution in [2.24, 2.45) is 5.73 Å². The van der Waals surface area contributed by atoms with E-state index in [4.69, 9.17) is 15.6 Å². The maximum Gasteiger partial charge on any atom is 0.338 e. The van der Waals surface area contributed by atoms with Crippen molar-refractivity contribution in [3.8, 4) is 0 Å². The van der Waals surface area contributed by atoms with Crippen LogP contribution in [0.2, 0.25) is 0 Å². The number of carboxylic acid groups (broad SMARTS) is 1. The molecule has 0 saturated carbocycles. The second-order valence-corrected chi connectivity index (χ2v) is 3.54. The molecule has 1 aromatic carbocycles. The lowest BCUT2D eigenvalue weighted by atomic mass is 10.2. The van der Waals surface area contributed by atoms with Gasteiger partial charge in [0.2, 0.25) is 5.91 Å². The molecule has 0 aliphatic rings. The van der Waals surface area contributed by atoms with E-state index >= 15 is 0 Å². The maximum atomic E-state index is 13.4. The Kier molecular flexibility index (Phi) is 5.19. The standard InChI is InChI=1S/C11H12F2N2O4/c12-9-6(11(17)18)1-2-7(10(9)13)15-3-4-19-5-8(14)16/h1-2,15H,3-5H2,(H2,14,16)(H,17,18). The Labute approximate surface area is 107 Å². The van der Waals surface area contributed by atoms with Gasteiger partial charge in [0.15, 0.2) is 11.6 Å². The molecule has 0 radical (unpaired) electrons. The van der Waals surface area contributed by atoms with Crippen LogP contribution in [0.4, 0.5) is 14.5 Å². The van der Waals surface area contributed by atoms with Crippen LogP contribution in [0.1, 0.15) is 10.4 Å². The van der Waals surface area contributed by atoms with E-state index < -0.39 is 29.1 Å². The zero-order chi connectivity index (χ0) is 14.4. The predicted molar refractivity (Wildman–Crippen MR) is 61.8 cm³/mol. The predicted octanol–water partition coefficient (Wildman–Crippen LogP) is 0.577. The Morgan fingerprint density at radius 1 is 1.32 bits per heavy atom. The molecular weight excluding hydrogens is 262 g/mol. The summed E-state index contributed by atoms with van der Waals surface area (Å²) in [5.74, 6) is -4.90. The number of carboxylic acids is 1. The van der Waals surface area contributed by atoms with Crippen molar-refractivity contribution >= 4 is 17.6 Å². The van der Waals surface area contributed by atoms with Crippen LogP contribution in [-0.4, -0.2) is 36.7 Å². The number of nitrogens with two attached hydrogens (primary N) is 1. The van der Waals surface area contributed by atoms with Crippen LogP contribution >= 0.6 is 0 Å². The minimum atomic E-state index is -1.55. The topological polar surface area (TPSA) is 102 Å². The first kappa shape index (κ1) is 14.8. The van der Waals surface area contributed by atoms with Crippen molar-refractivity contribution in [3.63, 3.8) is 0 Å². The molecule has 0 saturated heterocycles. The number of hydrogen-bond donors (Lipinski definition) is 3. The molecule has 4 N–H and O–H groups in total. The van der Waals surface area contributed by atoms with Crippen molar-refractivity contribution in [1.29, 1.82) is 0 Å². The number of benzene rings is 1. The van der Waals surface area contributed by atoms with E-state index in [0.29, 0.717) is 0 Å². The van der Waals surface area contributed by atoms with E-state index in [1.807, 2.05) is 0 Å². The van der Waals surface area contributed by atoms with E-state index in [9.17, 15) is 18.4 Å². The first-order valence-electron chi connectivity index (χ1n) is 5.24. The monoisotopic (exact) mass is 274 g/mol. The van der Waals surface area contributed by atoms with E-state index in [0.717, 1.165) is 12.1 Å². The van der Waals surface area contributed by atoms with Crippen LogP contribution in [0.3, 0.4) is 0 Å². The van der Waals surface area contributed by atoms with Gasteiger partial charge in [-0.25, -0.2) is 13.6 Å². The fourth-order valence-electron chi connectivity index (χ4n) is 1.28. The van der Waals surface area contributed by atoms with Crippen LogP contribution in [0, 0.1) is 11.6 Å². The number of ether oxygens (including phenoxy) is 1. The Bertz CT molecular complexity index is 494. The third-order valence-corrected chi connectivity index (χ3v) is 2.12. The Morgan fingerprint density at radius 2 is 2.00 bits per heavy atom. The Morgan fingerprint density at radius 3 is 2.58 bits per heavy atom. The van der Waals surface area contributed by atoms with Gasteiger partial charge in [-0.15, -0.1) is 0 Å². The molecule has 0 aromatic heterocycles. The number of halogens is 2. The molecule has 0 spiro atoms. The van der Waals surface area contributed by atoms with Crippen molar-refractivity contribution in [1.82, 2.24) is 0 Å². The molecule has 6 nitrogen and oxygen atoms in total. The number of nitrogens with one attached hydrogen (secondary N) is 1. The van der Waals surface area contributed by atoms with Crippen LogP contribution < -0.4 is 11.1 Å². The number of carbonyl (C=O) groups excluding carboxylic acids is 1. The van der Waals surface area contributed by atoms with Crippen LogP contribution in [-0.2, 0) is 9.53 Å². The number of rotatable bonds is 7. The third kappa shape index (κ3) is 4.18. The van der Waals surface area contributed by atoms with E-state index in [1.54, 1.807) is 0 Å². The maximum absolute atomic E-state index is 13.4. The fraction of sp³-hybridized carbons (Fsp3) is 0.273. The molecule has 1 rings (SSSR count). The second-order valence-electron chi connectivity index (χ2n) is 3.54. The summed E-state index contributed by atoms with van der Waals surface area (Å²) in [6, 6.07) is 2.06. The summed E-state index contributed by atoms with van der Waals surface area (Å²) in [7, 11) is 0. The van der Waals surface area contributed by atoms with Gasteiger partial charge in [0.05, 0.1) is 17.9 Å². The van der Waals surface area contributed by atoms with E-state index in [1.165, 1.54) is 0 Å². The lowest BCUT2D eigenvalue weighted by Gasteiger charge is -2.09. The van der Waals surface area contributed by atoms with Gasteiger partial charge in [0, 0.05) is 6.54 Å². The SMILES string of the molecule is NC(=O)COCCNc1ccc(C(=O)O)c(F)c1F. The molecule has 0 atom stereocenters. The van der Waals surface area contributed by atoms with Gasteiger partial charge in [0.1, 0.15) is 6.61 Å². The van der Waals surface area contributed by atoms with Gasteiger partial charge in [-0.3, -0.25) is 4.79 Å². The van der Waals surface area contributed by atoms with Crippen LogP contribution in [0.25, 0.3) is 0 Å². The fourth-order valence-corrected chi connectivity index (χ4v) is 1.28. The normalized spacial score (nSPS) is 10.2. The van der Waals surface area contributed by atoms with Crippen molar-refractivity contribution in [2.75, 3.05) is 25.1 Å². The highest BCUT2D eigenvalue weighted by atomic mass is 19.2. The molecular formula is C11H12F2N2O4. The second kappa shape index (κ2) is 6.64. The van der Waals surface area contributed by atoms with Crippen molar-refractivity contribution < 1.29 is 28.2 Å². The molecule has 1 aromatic rings. The number of hydrogen-bond acceptors (Lipinski definition) is 4. The highest BCUT2D eigenvalue weighted by Gasteiger charge is 2.17. The summed E-state index contributed by atoms with van der Waals surface area (Å²) in [5, 5.41) is 11.1. The molecule has 0 heterocycles. The molecule has 0 aliphatic heterocycles. The van der Waals surface area contributed by atoms with Gasteiger partial charge < -0.3 is 20.9 Å². The lowest BCUT2D eigenvalue weighted by molar-refractivity contribution is -0.122. The van der Waals surface area contributed by atoms with Crippen molar-refractivity contribution in [3.05, 3.63) is 29.3 Å². The van der Waals surface area contributed by atoms with Gasteiger partial charge in [-0.2, -0.15) is 0 Å². The third-order valence-electron chi connectivity index (χ3n) is 2.12. The number of aromatic carboxylic acids is 1. The molecule has 8 heteroatoms. The summed E-state index contributed by atoms with van der Waals surface area (Å²) in [6.07, 6.45) is 0. The summed E-state index contributed by atoms with van der Waals surface area (Å²) in [5.41, 5.74) is 3.89. The number of amides is 1. The molecule has 104 valence electrons. The quantitative estimate of drug-likeness (QED) is 0.631. The summed E-state index contributed by atoms with van der Waals surface area (Å²) in [4.78, 5) is 20.9. The molecule has 19 heavy (non-hydrogen) atoms. The highest BCUT2D eigenvalue weighted by molar-refractivity contribution is 5.88. The van der Waals surface area contributed by atoms with Gasteiger partial charge in [0.25, 0.3) is 0 Å². The smallest absolute Gasteiger partial charge is 0.338 e. The average Bonchev–Trinajstić information content (AvgIpc) is 2.33. The van der Waals surface area contributed by atoms with Crippen LogP contribution in [0.5, 0.6) is 0 Å². The zero-order valence-corrected chi connectivity index (χ0v) is 9.78. The number of anilines is 1. The molecule has 0 aliphatic carbocycles. The van der Waals surface area contributed by atoms with E-state index in [-0.39, 0.29) is 25.4 Å². The molecule has 0 bridgehead atoms. The average molecular weight is 274 g/mol. The minimum absolute atomic E-state index is 0.0602. The van der Waals surface area contributed by atoms with Gasteiger partial charge in [-0.1, -0.05) is 0 Å². The lowest BCUT2D eigenvalue weighted by Crippen LogP contribution is -2.20. The minimum Gasteiger partial charge on any atom is -0.478 e. The highest BCUT2D eigenvalue weighted by Crippen LogP contribution is 2.20. The first-order valence-corrected chi connectivity index (χ1v) is 5.24. The molecule has 0 unspecified atom stereocenters. The summed E-state index contributed by atoms with van der Waals surface area (Å²) in [6.45, 7) is -0.1000. The Hall–Kier alpha value is -2.22. The largest absolute Gasteiger partial charge is 0.478 e. The van der Waals surface area contributed by atoms with E-state index in [2.05, 4.69) is 5.32 Å². The van der Waals surface area contributed by atoms with Crippen LogP contribution in [0.15, 0.2) is 12.1 Å². The number of primary amides is 1. The van der Waals surface area contributed by atoms with Gasteiger partial charge in [-0.05, 0) is 12.1 Å².